The Morgan fingerprint density at radius 3 is 2.91 bits per heavy atom. The summed E-state index contributed by atoms with van der Waals surface area (Å²) in [6.07, 6.45) is 1.61. The smallest absolute Gasteiger partial charge is 0.240 e. The van der Waals surface area contributed by atoms with Crippen molar-refractivity contribution in [3.05, 3.63) is 48.3 Å². The van der Waals surface area contributed by atoms with Gasteiger partial charge in [-0.3, -0.25) is 9.78 Å². The van der Waals surface area contributed by atoms with E-state index in [1.807, 2.05) is 0 Å². The molecule has 1 aromatic carbocycles. The van der Waals surface area contributed by atoms with E-state index >= 15 is 0 Å². The van der Waals surface area contributed by atoms with Gasteiger partial charge in [0.2, 0.25) is 15.9 Å². The quantitative estimate of drug-likeness (QED) is 0.886. The van der Waals surface area contributed by atoms with E-state index in [2.05, 4.69) is 15.0 Å². The Balaban J connectivity index is 1.79. The van der Waals surface area contributed by atoms with Crippen molar-refractivity contribution in [1.82, 2.24) is 9.71 Å². The highest BCUT2D eigenvalue weighted by atomic mass is 32.2. The fourth-order valence-corrected chi connectivity index (χ4v) is 3.92. The number of hydrogen-bond donors (Lipinski definition) is 2. The normalized spacial score (nSPS) is 14.3. The van der Waals surface area contributed by atoms with Gasteiger partial charge in [0, 0.05) is 11.1 Å². The van der Waals surface area contributed by atoms with Gasteiger partial charge in [-0.05, 0) is 30.3 Å². The van der Waals surface area contributed by atoms with Crippen LogP contribution in [0.3, 0.4) is 0 Å². The molecule has 0 aliphatic carbocycles. The first-order valence-corrected chi connectivity index (χ1v) is 8.98. The Bertz CT molecular complexity index is 807. The first-order valence-electron chi connectivity index (χ1n) is 6.51. The Hall–Kier alpha value is -1.90. The predicted molar refractivity (Wildman–Crippen MR) is 84.1 cm³/mol. The summed E-state index contributed by atoms with van der Waals surface area (Å²) in [6.45, 7) is 0.129. The second-order valence-electron chi connectivity index (χ2n) is 4.64. The van der Waals surface area contributed by atoms with Crippen LogP contribution in [-0.4, -0.2) is 25.1 Å². The number of anilines is 1. The van der Waals surface area contributed by atoms with E-state index in [0.717, 1.165) is 4.90 Å². The van der Waals surface area contributed by atoms with Gasteiger partial charge in [-0.2, -0.15) is 0 Å². The second-order valence-corrected chi connectivity index (χ2v) is 7.42. The number of sulfonamides is 1. The largest absolute Gasteiger partial charge is 0.324 e. The molecule has 0 atom stereocenters. The molecule has 1 aliphatic rings. The summed E-state index contributed by atoms with van der Waals surface area (Å²) in [4.78, 5) is 16.3. The number of thioether (sulfide) groups is 1. The zero-order valence-corrected chi connectivity index (χ0v) is 13.1. The first-order chi connectivity index (χ1) is 10.5. The van der Waals surface area contributed by atoms with E-state index in [9.17, 15) is 13.2 Å². The predicted octanol–water partition coefficient (Wildman–Crippen LogP) is 1.60. The summed E-state index contributed by atoms with van der Waals surface area (Å²) in [6, 6.07) is 9.98. The molecule has 1 aliphatic heterocycles. The maximum absolute atomic E-state index is 12.3. The molecule has 114 valence electrons. The van der Waals surface area contributed by atoms with Gasteiger partial charge in [0.15, 0.2) is 0 Å². The van der Waals surface area contributed by atoms with Crippen LogP contribution in [0, 0.1) is 0 Å². The number of amides is 1. The van der Waals surface area contributed by atoms with Gasteiger partial charge in [-0.25, -0.2) is 13.1 Å². The van der Waals surface area contributed by atoms with Gasteiger partial charge >= 0.3 is 0 Å². The molecule has 6 nitrogen and oxygen atoms in total. The van der Waals surface area contributed by atoms with Gasteiger partial charge < -0.3 is 5.32 Å². The van der Waals surface area contributed by atoms with Crippen LogP contribution in [0.5, 0.6) is 0 Å². The number of benzene rings is 1. The van der Waals surface area contributed by atoms with Crippen LogP contribution < -0.4 is 10.0 Å². The second kappa shape index (κ2) is 6.07. The van der Waals surface area contributed by atoms with E-state index in [1.54, 1.807) is 36.5 Å². The van der Waals surface area contributed by atoms with Crippen molar-refractivity contribution in [2.45, 2.75) is 16.3 Å². The lowest BCUT2D eigenvalue weighted by atomic mass is 10.3. The number of fused-ring (bicyclic) bond motifs is 1. The van der Waals surface area contributed by atoms with Crippen LogP contribution in [0.1, 0.15) is 5.69 Å². The van der Waals surface area contributed by atoms with E-state index in [4.69, 9.17) is 0 Å². The molecule has 2 heterocycles. The van der Waals surface area contributed by atoms with Crippen molar-refractivity contribution in [1.29, 1.82) is 0 Å². The highest BCUT2D eigenvalue weighted by Crippen LogP contribution is 2.33. The van der Waals surface area contributed by atoms with Crippen LogP contribution in [0.4, 0.5) is 5.69 Å². The van der Waals surface area contributed by atoms with Crippen LogP contribution in [-0.2, 0) is 21.4 Å². The number of pyridine rings is 1. The SMILES string of the molecule is O=C1CSc2cc(S(=O)(=O)NCc3ccccn3)ccc2N1. The van der Waals surface area contributed by atoms with E-state index in [-0.39, 0.29) is 23.1 Å². The fourth-order valence-electron chi connectivity index (χ4n) is 1.98. The van der Waals surface area contributed by atoms with Crippen molar-refractivity contribution in [2.24, 2.45) is 0 Å². The average molecular weight is 335 g/mol. The molecule has 2 N–H and O–H groups in total. The molecule has 2 aromatic rings. The van der Waals surface area contributed by atoms with Gasteiger partial charge in [-0.15, -0.1) is 11.8 Å². The lowest BCUT2D eigenvalue weighted by Gasteiger charge is -2.17. The minimum absolute atomic E-state index is 0.0821. The molecule has 8 heteroatoms. The van der Waals surface area contributed by atoms with Crippen molar-refractivity contribution < 1.29 is 13.2 Å². The number of rotatable bonds is 4. The third kappa shape index (κ3) is 3.29. The molecule has 3 rings (SSSR count). The molecule has 22 heavy (non-hydrogen) atoms. The van der Waals surface area contributed by atoms with Gasteiger partial charge in [0.25, 0.3) is 0 Å². The molecule has 0 spiro atoms. The van der Waals surface area contributed by atoms with Crippen molar-refractivity contribution in [3.8, 4) is 0 Å². The summed E-state index contributed by atoms with van der Waals surface area (Å²) in [5.74, 6) is 0.207. The maximum atomic E-state index is 12.3. The fraction of sp³-hybridized carbons (Fsp3) is 0.143. The van der Waals surface area contributed by atoms with Crippen molar-refractivity contribution in [3.63, 3.8) is 0 Å². The van der Waals surface area contributed by atoms with Gasteiger partial charge in [0.1, 0.15) is 0 Å². The first kappa shape index (κ1) is 15.0. The van der Waals surface area contributed by atoms with Crippen molar-refractivity contribution >= 4 is 33.4 Å². The molecular weight excluding hydrogens is 322 g/mol. The molecular formula is C14H13N3O3S2. The molecule has 1 aromatic heterocycles. The lowest BCUT2D eigenvalue weighted by Crippen LogP contribution is -2.24. The monoisotopic (exact) mass is 335 g/mol. The minimum Gasteiger partial charge on any atom is -0.324 e. The summed E-state index contributed by atoms with van der Waals surface area (Å²) in [5.41, 5.74) is 1.29. The molecule has 0 unspecified atom stereocenters. The van der Waals surface area contributed by atoms with Crippen LogP contribution in [0.15, 0.2) is 52.4 Å². The molecule has 0 bridgehead atoms. The van der Waals surface area contributed by atoms with Crippen LogP contribution in [0.2, 0.25) is 0 Å². The molecule has 0 saturated carbocycles. The number of nitrogens with one attached hydrogen (secondary N) is 2. The van der Waals surface area contributed by atoms with E-state index in [0.29, 0.717) is 11.4 Å². The molecule has 1 amide bonds. The Morgan fingerprint density at radius 1 is 1.27 bits per heavy atom. The lowest BCUT2D eigenvalue weighted by molar-refractivity contribution is -0.113. The zero-order valence-electron chi connectivity index (χ0n) is 11.4. The van der Waals surface area contributed by atoms with Gasteiger partial charge in [0.05, 0.1) is 28.6 Å². The molecule has 0 saturated heterocycles. The van der Waals surface area contributed by atoms with Crippen LogP contribution in [0.25, 0.3) is 0 Å². The van der Waals surface area contributed by atoms with Gasteiger partial charge in [-0.1, -0.05) is 6.07 Å². The molecule has 0 fully saturated rings. The number of aromatic nitrogens is 1. The standard InChI is InChI=1S/C14H13N3O3S2/c18-14-9-21-13-7-11(4-5-12(13)17-14)22(19,20)16-8-10-3-1-2-6-15-10/h1-7,16H,8-9H2,(H,17,18). The third-order valence-electron chi connectivity index (χ3n) is 3.07. The number of carbonyl (C=O) groups excluding carboxylic acids is 1. The summed E-state index contributed by atoms with van der Waals surface area (Å²) in [5, 5.41) is 2.71. The summed E-state index contributed by atoms with van der Waals surface area (Å²) >= 11 is 1.32. The molecule has 0 radical (unpaired) electrons. The third-order valence-corrected chi connectivity index (χ3v) is 5.52. The average Bonchev–Trinajstić information content (AvgIpc) is 2.53. The van der Waals surface area contributed by atoms with Crippen molar-refractivity contribution in [2.75, 3.05) is 11.1 Å². The van der Waals surface area contributed by atoms with Crippen LogP contribution >= 0.6 is 11.8 Å². The topological polar surface area (TPSA) is 88.2 Å². The number of hydrogen-bond acceptors (Lipinski definition) is 5. The highest BCUT2D eigenvalue weighted by molar-refractivity contribution is 8.00. The Kier molecular flexibility index (Phi) is 4.14. The summed E-state index contributed by atoms with van der Waals surface area (Å²) < 4.78 is 27.2. The maximum Gasteiger partial charge on any atom is 0.240 e. The zero-order chi connectivity index (χ0) is 15.6. The Labute approximate surface area is 132 Å². The highest BCUT2D eigenvalue weighted by Gasteiger charge is 2.20. The minimum atomic E-state index is -3.62. The van der Waals surface area contributed by atoms with E-state index < -0.39 is 10.0 Å². The number of carbonyl (C=O) groups is 1. The Morgan fingerprint density at radius 2 is 2.14 bits per heavy atom. The van der Waals surface area contributed by atoms with E-state index in [1.165, 1.54) is 17.8 Å². The summed E-state index contributed by atoms with van der Waals surface area (Å²) in [7, 11) is -3.62. The number of nitrogens with zero attached hydrogens (tertiary/aromatic N) is 1.